The summed E-state index contributed by atoms with van der Waals surface area (Å²) in [6.07, 6.45) is 0. The lowest BCUT2D eigenvalue weighted by Crippen LogP contribution is -2.14. The Balaban J connectivity index is 2.60. The minimum absolute atomic E-state index is 0.0324. The average Bonchev–Trinajstić information content (AvgIpc) is 2.36. The number of methoxy groups -OCH3 is 1. The second-order valence-corrected chi connectivity index (χ2v) is 3.67. The van der Waals surface area contributed by atoms with Gasteiger partial charge in [-0.05, 0) is 23.9 Å². The first kappa shape index (κ1) is 8.71. The molecule has 0 bridgehead atoms. The minimum Gasteiger partial charge on any atom is -0.383 e. The second-order valence-electron chi connectivity index (χ2n) is 2.55. The Morgan fingerprint density at radius 1 is 1.73 bits per heavy atom. The summed E-state index contributed by atoms with van der Waals surface area (Å²) in [6.45, 7) is 2.67. The van der Waals surface area contributed by atoms with Gasteiger partial charge in [0.15, 0.2) is 0 Å². The van der Waals surface area contributed by atoms with Crippen molar-refractivity contribution in [2.75, 3.05) is 13.7 Å². The van der Waals surface area contributed by atoms with Crippen LogP contribution >= 0.6 is 11.3 Å². The Hall–Kier alpha value is -0.380. The summed E-state index contributed by atoms with van der Waals surface area (Å²) in [5.74, 6) is 0. The van der Waals surface area contributed by atoms with Gasteiger partial charge in [-0.25, -0.2) is 0 Å². The Labute approximate surface area is 71.0 Å². The lowest BCUT2D eigenvalue weighted by atomic mass is 10.2. The average molecular weight is 171 g/mol. The molecule has 0 aliphatic carbocycles. The molecule has 1 heterocycles. The van der Waals surface area contributed by atoms with Crippen LogP contribution in [0.2, 0.25) is 0 Å². The zero-order valence-corrected chi connectivity index (χ0v) is 7.65. The van der Waals surface area contributed by atoms with Crippen molar-refractivity contribution < 1.29 is 4.74 Å². The van der Waals surface area contributed by atoms with Gasteiger partial charge < -0.3 is 10.5 Å². The predicted octanol–water partition coefficient (Wildman–Crippen LogP) is 1.70. The van der Waals surface area contributed by atoms with E-state index in [1.54, 1.807) is 18.4 Å². The van der Waals surface area contributed by atoms with Crippen LogP contribution in [0.5, 0.6) is 0 Å². The number of thiophene rings is 1. The molecular formula is C8H13NOS. The summed E-state index contributed by atoms with van der Waals surface area (Å²) >= 11 is 1.72. The fourth-order valence-corrected chi connectivity index (χ4v) is 1.70. The molecule has 62 valence electrons. The van der Waals surface area contributed by atoms with E-state index in [9.17, 15) is 0 Å². The molecule has 1 unspecified atom stereocenters. The fourth-order valence-electron chi connectivity index (χ4n) is 0.934. The summed E-state index contributed by atoms with van der Waals surface area (Å²) in [5, 5.41) is 2.08. The van der Waals surface area contributed by atoms with Crippen molar-refractivity contribution in [3.05, 3.63) is 21.9 Å². The van der Waals surface area contributed by atoms with Gasteiger partial charge in [-0.15, -0.1) is 11.3 Å². The number of aryl methyl sites for hydroxylation is 1. The molecule has 2 N–H and O–H groups in total. The van der Waals surface area contributed by atoms with Gasteiger partial charge in [0.1, 0.15) is 0 Å². The summed E-state index contributed by atoms with van der Waals surface area (Å²) in [5.41, 5.74) is 6.98. The van der Waals surface area contributed by atoms with Crippen molar-refractivity contribution in [2.24, 2.45) is 5.73 Å². The fraction of sp³-hybridized carbons (Fsp3) is 0.500. The van der Waals surface area contributed by atoms with Crippen molar-refractivity contribution in [3.8, 4) is 0 Å². The smallest absolute Gasteiger partial charge is 0.0655 e. The maximum atomic E-state index is 5.80. The first-order valence-corrected chi connectivity index (χ1v) is 4.41. The van der Waals surface area contributed by atoms with Crippen molar-refractivity contribution in [2.45, 2.75) is 13.0 Å². The number of rotatable bonds is 3. The summed E-state index contributed by atoms with van der Waals surface area (Å²) in [7, 11) is 1.67. The van der Waals surface area contributed by atoms with E-state index in [1.807, 2.05) is 0 Å². The van der Waals surface area contributed by atoms with Crippen molar-refractivity contribution >= 4 is 11.3 Å². The first-order valence-electron chi connectivity index (χ1n) is 3.53. The molecule has 0 radical (unpaired) electrons. The maximum absolute atomic E-state index is 5.80. The van der Waals surface area contributed by atoms with E-state index < -0.39 is 0 Å². The molecule has 0 saturated heterocycles. The van der Waals surface area contributed by atoms with Crippen molar-refractivity contribution in [3.63, 3.8) is 0 Å². The SMILES string of the molecule is COCC(N)c1csc(C)c1. The van der Waals surface area contributed by atoms with Crippen LogP contribution < -0.4 is 5.73 Å². The highest BCUT2D eigenvalue weighted by Gasteiger charge is 2.05. The third-order valence-corrected chi connectivity index (χ3v) is 2.40. The molecule has 0 aliphatic rings. The third kappa shape index (κ3) is 2.29. The molecule has 0 amide bonds. The molecule has 11 heavy (non-hydrogen) atoms. The highest BCUT2D eigenvalue weighted by molar-refractivity contribution is 7.10. The number of hydrogen-bond donors (Lipinski definition) is 1. The van der Waals surface area contributed by atoms with Gasteiger partial charge in [-0.3, -0.25) is 0 Å². The quantitative estimate of drug-likeness (QED) is 0.751. The summed E-state index contributed by atoms with van der Waals surface area (Å²) < 4.78 is 4.95. The lowest BCUT2D eigenvalue weighted by Gasteiger charge is -2.06. The highest BCUT2D eigenvalue weighted by Crippen LogP contribution is 2.18. The van der Waals surface area contributed by atoms with Gasteiger partial charge >= 0.3 is 0 Å². The normalized spacial score (nSPS) is 13.4. The van der Waals surface area contributed by atoms with E-state index >= 15 is 0 Å². The second kappa shape index (κ2) is 3.85. The van der Waals surface area contributed by atoms with E-state index in [0.29, 0.717) is 6.61 Å². The Kier molecular flexibility index (Phi) is 3.05. The molecule has 1 aromatic rings. The van der Waals surface area contributed by atoms with Gasteiger partial charge in [0.25, 0.3) is 0 Å². The van der Waals surface area contributed by atoms with E-state index in [-0.39, 0.29) is 6.04 Å². The Bertz CT molecular complexity index is 222. The van der Waals surface area contributed by atoms with Gasteiger partial charge in [0.05, 0.1) is 12.6 Å². The van der Waals surface area contributed by atoms with Crippen LogP contribution in [0.3, 0.4) is 0 Å². The van der Waals surface area contributed by atoms with E-state index in [4.69, 9.17) is 10.5 Å². The molecule has 0 saturated carbocycles. The third-order valence-electron chi connectivity index (χ3n) is 1.53. The summed E-state index contributed by atoms with van der Waals surface area (Å²) in [6, 6.07) is 2.14. The number of ether oxygens (including phenoxy) is 1. The topological polar surface area (TPSA) is 35.2 Å². The zero-order valence-electron chi connectivity index (χ0n) is 6.83. The zero-order chi connectivity index (χ0) is 8.27. The van der Waals surface area contributed by atoms with Crippen LogP contribution in [-0.4, -0.2) is 13.7 Å². The van der Waals surface area contributed by atoms with Crippen molar-refractivity contribution in [1.29, 1.82) is 0 Å². The standard InChI is InChI=1S/C8H13NOS/c1-6-3-7(5-11-6)8(9)4-10-2/h3,5,8H,4,9H2,1-2H3. The predicted molar refractivity (Wildman–Crippen MR) is 47.9 cm³/mol. The van der Waals surface area contributed by atoms with Gasteiger partial charge in [-0.1, -0.05) is 0 Å². The molecule has 0 spiro atoms. The molecular weight excluding hydrogens is 158 g/mol. The maximum Gasteiger partial charge on any atom is 0.0655 e. The molecule has 0 fully saturated rings. The molecule has 1 rings (SSSR count). The molecule has 3 heteroatoms. The van der Waals surface area contributed by atoms with Crippen molar-refractivity contribution in [1.82, 2.24) is 0 Å². The van der Waals surface area contributed by atoms with E-state index in [2.05, 4.69) is 18.4 Å². The molecule has 2 nitrogen and oxygen atoms in total. The van der Waals surface area contributed by atoms with Crippen LogP contribution in [0.15, 0.2) is 11.4 Å². The number of hydrogen-bond acceptors (Lipinski definition) is 3. The molecule has 1 atom stereocenters. The van der Waals surface area contributed by atoms with Crippen LogP contribution in [0.1, 0.15) is 16.5 Å². The van der Waals surface area contributed by atoms with Gasteiger partial charge in [-0.2, -0.15) is 0 Å². The Morgan fingerprint density at radius 2 is 2.45 bits per heavy atom. The van der Waals surface area contributed by atoms with Crippen LogP contribution in [-0.2, 0) is 4.74 Å². The van der Waals surface area contributed by atoms with E-state index in [1.165, 1.54) is 10.4 Å². The monoisotopic (exact) mass is 171 g/mol. The largest absolute Gasteiger partial charge is 0.383 e. The van der Waals surface area contributed by atoms with Gasteiger partial charge in [0, 0.05) is 12.0 Å². The summed E-state index contributed by atoms with van der Waals surface area (Å²) in [4.78, 5) is 1.30. The van der Waals surface area contributed by atoms with E-state index in [0.717, 1.165) is 0 Å². The van der Waals surface area contributed by atoms with Crippen LogP contribution in [0, 0.1) is 6.92 Å². The lowest BCUT2D eigenvalue weighted by molar-refractivity contribution is 0.181. The minimum atomic E-state index is 0.0324. The molecule has 0 aliphatic heterocycles. The molecule has 1 aromatic heterocycles. The van der Waals surface area contributed by atoms with Crippen LogP contribution in [0.4, 0.5) is 0 Å². The van der Waals surface area contributed by atoms with Gasteiger partial charge in [0.2, 0.25) is 0 Å². The Morgan fingerprint density at radius 3 is 2.91 bits per heavy atom. The highest BCUT2D eigenvalue weighted by atomic mass is 32.1. The first-order chi connectivity index (χ1) is 5.24. The molecule has 0 aromatic carbocycles. The number of nitrogens with two attached hydrogens (primary N) is 1. The van der Waals surface area contributed by atoms with Crippen LogP contribution in [0.25, 0.3) is 0 Å².